The van der Waals surface area contributed by atoms with Crippen LogP contribution in [0.15, 0.2) is 48.5 Å². The smallest absolute Gasteiger partial charge is 0.185 e. The van der Waals surface area contributed by atoms with E-state index in [1.807, 2.05) is 12.1 Å². The van der Waals surface area contributed by atoms with Crippen LogP contribution < -0.4 is 9.75 Å². The Bertz CT molecular complexity index is 644. The molecule has 0 amide bonds. The highest BCUT2D eigenvalue weighted by Gasteiger charge is 2.34. The number of anilines is 1. The summed E-state index contributed by atoms with van der Waals surface area (Å²) in [4.78, 5) is 0. The standard InChI is InChI=1S/C19H27NOSi/c1-19(2,3)16-13-10-14-17(18(16)21)22(5,6)20(4)15-11-8-7-9-12-15/h7-14,21H,1-6H3. The summed E-state index contributed by atoms with van der Waals surface area (Å²) in [6.45, 7) is 11.0. The summed E-state index contributed by atoms with van der Waals surface area (Å²) in [5.41, 5.74) is 2.15. The Balaban J connectivity index is 2.50. The van der Waals surface area contributed by atoms with Crippen LogP contribution in [0.3, 0.4) is 0 Å². The molecular weight excluding hydrogens is 286 g/mol. The Labute approximate surface area is 135 Å². The first-order valence-electron chi connectivity index (χ1n) is 7.77. The van der Waals surface area contributed by atoms with Crippen LogP contribution in [0.1, 0.15) is 26.3 Å². The third-order valence-electron chi connectivity index (χ3n) is 4.49. The van der Waals surface area contributed by atoms with Crippen molar-refractivity contribution in [1.29, 1.82) is 0 Å². The Hall–Kier alpha value is -1.74. The predicted molar refractivity (Wildman–Crippen MR) is 98.8 cm³/mol. The molecule has 0 radical (unpaired) electrons. The van der Waals surface area contributed by atoms with Gasteiger partial charge in [-0.3, -0.25) is 0 Å². The maximum atomic E-state index is 10.9. The molecule has 0 unspecified atom stereocenters. The van der Waals surface area contributed by atoms with E-state index < -0.39 is 8.24 Å². The number of hydrogen-bond acceptors (Lipinski definition) is 2. The molecule has 118 valence electrons. The predicted octanol–water partition coefficient (Wildman–Crippen LogP) is 4.24. The molecule has 22 heavy (non-hydrogen) atoms. The second-order valence-electron chi connectivity index (χ2n) is 7.41. The van der Waals surface area contributed by atoms with Gasteiger partial charge in [0.05, 0.1) is 0 Å². The molecule has 0 fully saturated rings. The summed E-state index contributed by atoms with van der Waals surface area (Å²) in [5.74, 6) is 0.467. The Kier molecular flexibility index (Phi) is 4.39. The van der Waals surface area contributed by atoms with Gasteiger partial charge in [-0.2, -0.15) is 0 Å². The largest absolute Gasteiger partial charge is 0.508 e. The second kappa shape index (κ2) is 5.80. The summed E-state index contributed by atoms with van der Waals surface area (Å²) >= 11 is 0. The maximum Gasteiger partial charge on any atom is 0.185 e. The van der Waals surface area contributed by atoms with E-state index in [0.29, 0.717) is 5.75 Å². The van der Waals surface area contributed by atoms with Crippen LogP contribution in [0.5, 0.6) is 5.75 Å². The van der Waals surface area contributed by atoms with Crippen molar-refractivity contribution in [3.05, 3.63) is 54.1 Å². The first kappa shape index (κ1) is 16.6. The lowest BCUT2D eigenvalue weighted by Gasteiger charge is -2.37. The monoisotopic (exact) mass is 313 g/mol. The maximum absolute atomic E-state index is 10.9. The molecule has 2 rings (SSSR count). The van der Waals surface area contributed by atoms with Gasteiger partial charge in [-0.1, -0.05) is 57.2 Å². The quantitative estimate of drug-likeness (QED) is 0.857. The normalized spacial score (nSPS) is 12.3. The third-order valence-corrected chi connectivity index (χ3v) is 8.14. The summed E-state index contributed by atoms with van der Waals surface area (Å²) in [5, 5.41) is 12.0. The molecule has 1 N–H and O–H groups in total. The van der Waals surface area contributed by atoms with E-state index in [0.717, 1.165) is 10.8 Å². The van der Waals surface area contributed by atoms with Crippen molar-refractivity contribution in [3.8, 4) is 5.75 Å². The van der Waals surface area contributed by atoms with Crippen LogP contribution in [-0.2, 0) is 5.41 Å². The average Bonchev–Trinajstić information content (AvgIpc) is 2.46. The van der Waals surface area contributed by atoms with E-state index in [2.05, 4.69) is 81.9 Å². The van der Waals surface area contributed by atoms with Crippen molar-refractivity contribution in [3.63, 3.8) is 0 Å². The van der Waals surface area contributed by atoms with Crippen molar-refractivity contribution in [2.45, 2.75) is 39.3 Å². The van der Waals surface area contributed by atoms with Crippen LogP contribution in [0.2, 0.25) is 13.1 Å². The molecule has 0 saturated carbocycles. The second-order valence-corrected chi connectivity index (χ2v) is 11.7. The SMILES string of the molecule is CN(c1ccccc1)[Si](C)(C)c1cccc(C(C)(C)C)c1O. The lowest BCUT2D eigenvalue weighted by atomic mass is 9.86. The number of para-hydroxylation sites is 2. The number of benzene rings is 2. The number of aromatic hydroxyl groups is 1. The van der Waals surface area contributed by atoms with Gasteiger partial charge >= 0.3 is 0 Å². The Morgan fingerprint density at radius 1 is 0.909 bits per heavy atom. The summed E-state index contributed by atoms with van der Waals surface area (Å²) in [7, 11) is 0.135. The van der Waals surface area contributed by atoms with Gasteiger partial charge in [0.1, 0.15) is 5.75 Å². The van der Waals surface area contributed by atoms with Crippen LogP contribution >= 0.6 is 0 Å². The highest BCUT2D eigenvalue weighted by molar-refractivity contribution is 6.93. The number of nitrogens with zero attached hydrogens (tertiary/aromatic N) is 1. The highest BCUT2D eigenvalue weighted by Crippen LogP contribution is 2.31. The molecule has 0 spiro atoms. The summed E-state index contributed by atoms with van der Waals surface area (Å²) in [6.07, 6.45) is 0. The molecule has 0 aliphatic rings. The molecule has 0 aliphatic heterocycles. The Morgan fingerprint density at radius 2 is 1.50 bits per heavy atom. The van der Waals surface area contributed by atoms with Gasteiger partial charge in [-0.25, -0.2) is 0 Å². The van der Waals surface area contributed by atoms with Gasteiger partial charge in [0, 0.05) is 10.9 Å². The minimum absolute atomic E-state index is 0.0596. The van der Waals surface area contributed by atoms with Crippen LogP contribution in [0, 0.1) is 0 Å². The Morgan fingerprint density at radius 3 is 2.05 bits per heavy atom. The molecule has 0 saturated heterocycles. The zero-order chi connectivity index (χ0) is 16.5. The first-order valence-corrected chi connectivity index (χ1v) is 10.7. The van der Waals surface area contributed by atoms with E-state index in [4.69, 9.17) is 0 Å². The summed E-state index contributed by atoms with van der Waals surface area (Å²) in [6, 6.07) is 16.6. The molecule has 0 atom stereocenters. The van der Waals surface area contributed by atoms with E-state index in [-0.39, 0.29) is 5.41 Å². The molecule has 2 aromatic carbocycles. The molecule has 0 heterocycles. The number of hydrogen-bond donors (Lipinski definition) is 1. The van der Waals surface area contributed by atoms with Crippen LogP contribution in [0.25, 0.3) is 0 Å². The highest BCUT2D eigenvalue weighted by atomic mass is 28.3. The van der Waals surface area contributed by atoms with E-state index in [1.54, 1.807) is 0 Å². The lowest BCUT2D eigenvalue weighted by molar-refractivity contribution is 0.450. The zero-order valence-corrected chi connectivity index (χ0v) is 15.5. The van der Waals surface area contributed by atoms with Crippen molar-refractivity contribution >= 4 is 19.1 Å². The van der Waals surface area contributed by atoms with Crippen molar-refractivity contribution < 1.29 is 5.11 Å². The molecule has 2 nitrogen and oxygen atoms in total. The fraction of sp³-hybridized carbons (Fsp3) is 0.368. The van der Waals surface area contributed by atoms with E-state index in [9.17, 15) is 5.11 Å². The van der Waals surface area contributed by atoms with Crippen LogP contribution in [-0.4, -0.2) is 20.4 Å². The van der Waals surface area contributed by atoms with E-state index in [1.165, 1.54) is 5.69 Å². The van der Waals surface area contributed by atoms with Gasteiger partial charge in [0.25, 0.3) is 0 Å². The van der Waals surface area contributed by atoms with Gasteiger partial charge in [-0.05, 0) is 43.3 Å². The van der Waals surface area contributed by atoms with Crippen molar-refractivity contribution in [2.24, 2.45) is 0 Å². The van der Waals surface area contributed by atoms with Gasteiger partial charge in [-0.15, -0.1) is 0 Å². The third kappa shape index (κ3) is 3.04. The number of phenolic OH excluding ortho intramolecular Hbond substituents is 1. The lowest BCUT2D eigenvalue weighted by Crippen LogP contribution is -2.56. The van der Waals surface area contributed by atoms with Crippen molar-refractivity contribution in [2.75, 3.05) is 11.6 Å². The minimum Gasteiger partial charge on any atom is -0.508 e. The van der Waals surface area contributed by atoms with E-state index >= 15 is 0 Å². The van der Waals surface area contributed by atoms with Gasteiger partial charge < -0.3 is 9.67 Å². The zero-order valence-electron chi connectivity index (χ0n) is 14.5. The topological polar surface area (TPSA) is 23.5 Å². The molecule has 2 aromatic rings. The molecular formula is C19H27NOSi. The molecule has 3 heteroatoms. The number of rotatable bonds is 3. The minimum atomic E-state index is -2.00. The first-order chi connectivity index (χ1) is 10.2. The average molecular weight is 314 g/mol. The fourth-order valence-corrected chi connectivity index (χ4v) is 5.17. The molecule has 0 bridgehead atoms. The van der Waals surface area contributed by atoms with Crippen LogP contribution in [0.4, 0.5) is 5.69 Å². The number of phenols is 1. The van der Waals surface area contributed by atoms with Gasteiger partial charge in [0.2, 0.25) is 0 Å². The van der Waals surface area contributed by atoms with Gasteiger partial charge in [0.15, 0.2) is 8.24 Å². The summed E-state index contributed by atoms with van der Waals surface area (Å²) < 4.78 is 2.34. The molecule has 0 aromatic heterocycles. The fourth-order valence-electron chi connectivity index (χ4n) is 2.80. The molecule has 0 aliphatic carbocycles. The van der Waals surface area contributed by atoms with Crippen molar-refractivity contribution in [1.82, 2.24) is 0 Å².